The van der Waals surface area contributed by atoms with Crippen molar-refractivity contribution in [1.29, 1.82) is 0 Å². The van der Waals surface area contributed by atoms with Crippen molar-refractivity contribution in [2.24, 2.45) is 22.2 Å². The molecule has 3 rings (SSSR count). The molecule has 0 radical (unpaired) electrons. The summed E-state index contributed by atoms with van der Waals surface area (Å²) in [5.41, 5.74) is 0.447. The Kier molecular flexibility index (Phi) is 8.11. The topological polar surface area (TPSA) is 36.9 Å². The Bertz CT molecular complexity index is 397. The largest absolute Gasteiger partial charge is 0.382 e. The molecule has 1 heterocycles. The standard InChI is InChI=1S/C19H35N3O.HI/c1-3-20-18(21-15-19(9-10-19)11-12-23-4-2)22-13-16-7-5-6-8-17(16)14-22;/h16-17H,3-15H2,1-2H3,(H,20,21);1H. The van der Waals surface area contributed by atoms with Gasteiger partial charge in [0.25, 0.3) is 0 Å². The normalized spacial score (nSPS) is 28.2. The molecule has 3 aliphatic rings. The highest BCUT2D eigenvalue weighted by Crippen LogP contribution is 2.49. The van der Waals surface area contributed by atoms with E-state index in [4.69, 9.17) is 9.73 Å². The zero-order chi connectivity index (χ0) is 16.1. The van der Waals surface area contributed by atoms with Crippen LogP contribution in [0.3, 0.4) is 0 Å². The predicted octanol–water partition coefficient (Wildman–Crippen LogP) is 3.90. The number of hydrogen-bond acceptors (Lipinski definition) is 2. The van der Waals surface area contributed by atoms with Crippen LogP contribution in [0.15, 0.2) is 4.99 Å². The minimum absolute atomic E-state index is 0. The Labute approximate surface area is 165 Å². The molecule has 1 saturated heterocycles. The van der Waals surface area contributed by atoms with Crippen molar-refractivity contribution in [3.63, 3.8) is 0 Å². The maximum atomic E-state index is 5.55. The van der Waals surface area contributed by atoms with Crippen molar-refractivity contribution in [3.8, 4) is 0 Å². The van der Waals surface area contributed by atoms with E-state index in [2.05, 4.69) is 24.1 Å². The summed E-state index contributed by atoms with van der Waals surface area (Å²) in [6.07, 6.45) is 9.56. The van der Waals surface area contributed by atoms with E-state index in [1.807, 2.05) is 0 Å². The Morgan fingerprint density at radius 3 is 2.38 bits per heavy atom. The van der Waals surface area contributed by atoms with E-state index in [1.54, 1.807) is 0 Å². The van der Waals surface area contributed by atoms with E-state index >= 15 is 0 Å². The highest BCUT2D eigenvalue weighted by molar-refractivity contribution is 14.0. The van der Waals surface area contributed by atoms with E-state index in [9.17, 15) is 0 Å². The molecule has 0 spiro atoms. The van der Waals surface area contributed by atoms with E-state index < -0.39 is 0 Å². The predicted molar refractivity (Wildman–Crippen MR) is 111 cm³/mol. The number of rotatable bonds is 7. The lowest BCUT2D eigenvalue weighted by molar-refractivity contribution is 0.129. The average Bonchev–Trinajstić information content (AvgIpc) is 3.20. The molecule has 0 aromatic heterocycles. The van der Waals surface area contributed by atoms with Gasteiger partial charge in [-0.05, 0) is 63.2 Å². The fraction of sp³-hybridized carbons (Fsp3) is 0.947. The van der Waals surface area contributed by atoms with Gasteiger partial charge in [-0.1, -0.05) is 12.8 Å². The SMILES string of the molecule is CCNC(=NCC1(CCOCC)CC1)N1CC2CCCCC2C1.I. The van der Waals surface area contributed by atoms with Crippen LogP contribution in [-0.2, 0) is 4.74 Å². The van der Waals surface area contributed by atoms with Gasteiger partial charge in [0.1, 0.15) is 0 Å². The van der Waals surface area contributed by atoms with Gasteiger partial charge in [0.2, 0.25) is 0 Å². The van der Waals surface area contributed by atoms with Crippen LogP contribution < -0.4 is 5.32 Å². The van der Waals surface area contributed by atoms with Crippen molar-refractivity contribution in [2.75, 3.05) is 39.4 Å². The molecular formula is C19H36IN3O. The van der Waals surface area contributed by atoms with Gasteiger partial charge in [-0.15, -0.1) is 24.0 Å². The molecule has 1 aliphatic heterocycles. The van der Waals surface area contributed by atoms with Gasteiger partial charge in [-0.3, -0.25) is 4.99 Å². The summed E-state index contributed by atoms with van der Waals surface area (Å²) in [4.78, 5) is 7.59. The molecule has 0 aromatic rings. The number of guanidine groups is 1. The summed E-state index contributed by atoms with van der Waals surface area (Å²) in [7, 11) is 0. The van der Waals surface area contributed by atoms with E-state index in [-0.39, 0.29) is 24.0 Å². The Morgan fingerprint density at radius 1 is 1.17 bits per heavy atom. The number of likely N-dealkylation sites (tertiary alicyclic amines) is 1. The first-order valence-electron chi connectivity index (χ1n) is 9.87. The van der Waals surface area contributed by atoms with Gasteiger partial charge in [0, 0.05) is 39.4 Å². The van der Waals surface area contributed by atoms with Crippen LogP contribution in [0.25, 0.3) is 0 Å². The second kappa shape index (κ2) is 9.60. The van der Waals surface area contributed by atoms with Crippen LogP contribution in [0, 0.1) is 17.3 Å². The number of nitrogens with one attached hydrogen (secondary N) is 1. The van der Waals surface area contributed by atoms with Crippen molar-refractivity contribution in [2.45, 2.75) is 58.8 Å². The number of nitrogens with zero attached hydrogens (tertiary/aromatic N) is 2. The zero-order valence-corrected chi connectivity index (χ0v) is 17.9. The number of hydrogen-bond donors (Lipinski definition) is 1. The van der Waals surface area contributed by atoms with Crippen molar-refractivity contribution in [1.82, 2.24) is 10.2 Å². The molecule has 3 fully saturated rings. The molecule has 140 valence electrons. The summed E-state index contributed by atoms with van der Waals surface area (Å²) in [5, 5.41) is 3.55. The molecule has 0 aromatic carbocycles. The highest BCUT2D eigenvalue weighted by Gasteiger charge is 2.42. The smallest absolute Gasteiger partial charge is 0.193 e. The number of ether oxygens (including phenoxy) is 1. The lowest BCUT2D eigenvalue weighted by Crippen LogP contribution is -2.40. The highest BCUT2D eigenvalue weighted by atomic mass is 127. The number of aliphatic imine (C=N–C) groups is 1. The van der Waals surface area contributed by atoms with Crippen LogP contribution in [-0.4, -0.2) is 50.3 Å². The molecule has 0 amide bonds. The Morgan fingerprint density at radius 2 is 1.83 bits per heavy atom. The van der Waals surface area contributed by atoms with Crippen LogP contribution in [0.4, 0.5) is 0 Å². The van der Waals surface area contributed by atoms with Gasteiger partial charge < -0.3 is 15.0 Å². The third-order valence-corrected chi connectivity index (χ3v) is 6.11. The van der Waals surface area contributed by atoms with Gasteiger partial charge >= 0.3 is 0 Å². The summed E-state index contributed by atoms with van der Waals surface area (Å²) in [5.74, 6) is 3.01. The molecule has 2 atom stereocenters. The van der Waals surface area contributed by atoms with Gasteiger partial charge in [-0.2, -0.15) is 0 Å². The fourth-order valence-corrected chi connectivity index (χ4v) is 4.34. The number of halogens is 1. The van der Waals surface area contributed by atoms with Crippen LogP contribution in [0.2, 0.25) is 0 Å². The van der Waals surface area contributed by atoms with Crippen molar-refractivity contribution in [3.05, 3.63) is 0 Å². The van der Waals surface area contributed by atoms with Gasteiger partial charge in [0.15, 0.2) is 5.96 Å². The first-order valence-corrected chi connectivity index (χ1v) is 9.87. The second-order valence-corrected chi connectivity index (χ2v) is 7.83. The van der Waals surface area contributed by atoms with Crippen LogP contribution >= 0.6 is 24.0 Å². The average molecular weight is 449 g/mol. The summed E-state index contributed by atoms with van der Waals surface area (Å²) >= 11 is 0. The molecule has 4 nitrogen and oxygen atoms in total. The Balaban J connectivity index is 0.00000208. The Hall–Kier alpha value is -0.0400. The number of fused-ring (bicyclic) bond motifs is 1. The van der Waals surface area contributed by atoms with Gasteiger partial charge in [0.05, 0.1) is 0 Å². The third kappa shape index (κ3) is 5.23. The second-order valence-electron chi connectivity index (χ2n) is 7.83. The maximum absolute atomic E-state index is 5.55. The minimum Gasteiger partial charge on any atom is -0.382 e. The third-order valence-electron chi connectivity index (χ3n) is 6.11. The van der Waals surface area contributed by atoms with Crippen molar-refractivity contribution >= 4 is 29.9 Å². The molecule has 2 unspecified atom stereocenters. The molecular weight excluding hydrogens is 413 g/mol. The zero-order valence-electron chi connectivity index (χ0n) is 15.6. The maximum Gasteiger partial charge on any atom is 0.193 e. The van der Waals surface area contributed by atoms with Crippen LogP contribution in [0.1, 0.15) is 58.8 Å². The monoisotopic (exact) mass is 449 g/mol. The summed E-state index contributed by atoms with van der Waals surface area (Å²) in [6, 6.07) is 0. The summed E-state index contributed by atoms with van der Waals surface area (Å²) < 4.78 is 5.55. The van der Waals surface area contributed by atoms with Gasteiger partial charge in [-0.25, -0.2) is 0 Å². The lowest BCUT2D eigenvalue weighted by Gasteiger charge is -2.23. The van der Waals surface area contributed by atoms with E-state index in [0.717, 1.165) is 38.1 Å². The molecule has 1 N–H and O–H groups in total. The summed E-state index contributed by atoms with van der Waals surface area (Å²) in [6.45, 7) is 10.4. The molecule has 2 saturated carbocycles. The molecule has 0 bridgehead atoms. The molecule has 2 aliphatic carbocycles. The first-order chi connectivity index (χ1) is 11.3. The quantitative estimate of drug-likeness (QED) is 0.277. The minimum atomic E-state index is 0. The lowest BCUT2D eigenvalue weighted by atomic mass is 9.82. The van der Waals surface area contributed by atoms with E-state index in [0.29, 0.717) is 5.41 Å². The molecule has 24 heavy (non-hydrogen) atoms. The van der Waals surface area contributed by atoms with Crippen LogP contribution in [0.5, 0.6) is 0 Å². The first kappa shape index (κ1) is 20.3. The fourth-order valence-electron chi connectivity index (χ4n) is 4.34. The van der Waals surface area contributed by atoms with E-state index in [1.165, 1.54) is 64.0 Å². The molecule has 5 heteroatoms. The van der Waals surface area contributed by atoms with Crippen molar-refractivity contribution < 1.29 is 4.74 Å².